The predicted octanol–water partition coefficient (Wildman–Crippen LogP) is 2.12. The van der Waals surface area contributed by atoms with Gasteiger partial charge in [-0.1, -0.05) is 12.1 Å². The van der Waals surface area contributed by atoms with Crippen LogP contribution in [0.2, 0.25) is 0 Å². The van der Waals surface area contributed by atoms with Crippen LogP contribution in [-0.4, -0.2) is 30.3 Å². The minimum absolute atomic E-state index is 0.00225. The monoisotopic (exact) mass is 302 g/mol. The van der Waals surface area contributed by atoms with Crippen molar-refractivity contribution in [3.8, 4) is 5.75 Å². The molecular formula is C13H16F2N2O4. The smallest absolute Gasteiger partial charge is 0.387 e. The molecule has 0 aliphatic heterocycles. The fraction of sp³-hybridized carbons (Fsp3) is 0.385. The van der Waals surface area contributed by atoms with Gasteiger partial charge in [-0.2, -0.15) is 8.78 Å². The van der Waals surface area contributed by atoms with Crippen LogP contribution in [0.3, 0.4) is 0 Å². The van der Waals surface area contributed by atoms with E-state index in [1.54, 1.807) is 13.0 Å². The number of alkyl halides is 2. The molecule has 0 aliphatic rings. The maximum absolute atomic E-state index is 12.1. The molecule has 2 amide bonds. The van der Waals surface area contributed by atoms with E-state index < -0.39 is 24.7 Å². The van der Waals surface area contributed by atoms with Crippen molar-refractivity contribution in [3.05, 3.63) is 29.8 Å². The van der Waals surface area contributed by atoms with E-state index in [0.29, 0.717) is 5.56 Å². The van der Waals surface area contributed by atoms with Gasteiger partial charge in [0.15, 0.2) is 0 Å². The molecule has 0 spiro atoms. The number of hydrogen-bond donors (Lipinski definition) is 3. The zero-order chi connectivity index (χ0) is 15.8. The number of carboxylic acids is 1. The Balaban J connectivity index is 2.52. The van der Waals surface area contributed by atoms with Gasteiger partial charge in [-0.05, 0) is 24.6 Å². The molecule has 0 saturated carbocycles. The summed E-state index contributed by atoms with van der Waals surface area (Å²) in [6.45, 7) is -1.25. The van der Waals surface area contributed by atoms with E-state index in [9.17, 15) is 18.4 Å². The normalized spacial score (nSPS) is 11.8. The van der Waals surface area contributed by atoms with Crippen molar-refractivity contribution in [3.63, 3.8) is 0 Å². The average Bonchev–Trinajstić information content (AvgIpc) is 2.37. The minimum Gasteiger partial charge on any atom is -0.481 e. The number of carbonyl (C=O) groups excluding carboxylic acids is 1. The molecule has 116 valence electrons. The third-order valence-corrected chi connectivity index (χ3v) is 2.56. The second-order valence-electron chi connectivity index (χ2n) is 4.22. The van der Waals surface area contributed by atoms with Crippen LogP contribution in [-0.2, 0) is 4.79 Å². The van der Waals surface area contributed by atoms with E-state index in [-0.39, 0.29) is 18.7 Å². The van der Waals surface area contributed by atoms with Gasteiger partial charge in [0.05, 0.1) is 12.5 Å². The highest BCUT2D eigenvalue weighted by Crippen LogP contribution is 2.20. The molecule has 0 heterocycles. The summed E-state index contributed by atoms with van der Waals surface area (Å²) in [5.74, 6) is -1.01. The lowest BCUT2D eigenvalue weighted by Gasteiger charge is -2.16. The van der Waals surface area contributed by atoms with Crippen molar-refractivity contribution in [1.29, 1.82) is 0 Å². The van der Waals surface area contributed by atoms with Gasteiger partial charge in [0, 0.05) is 6.54 Å². The van der Waals surface area contributed by atoms with Crippen LogP contribution in [0.1, 0.15) is 24.9 Å². The maximum Gasteiger partial charge on any atom is 0.387 e. The second kappa shape index (κ2) is 8.03. The zero-order valence-electron chi connectivity index (χ0n) is 11.3. The Morgan fingerprint density at radius 2 is 2.10 bits per heavy atom. The SMILES string of the molecule is CC(NC(=O)NCCC(=O)O)c1cccc(OC(F)F)c1. The summed E-state index contributed by atoms with van der Waals surface area (Å²) in [5, 5.41) is 13.4. The first-order valence-corrected chi connectivity index (χ1v) is 6.19. The molecule has 1 unspecified atom stereocenters. The summed E-state index contributed by atoms with van der Waals surface area (Å²) in [4.78, 5) is 21.8. The molecule has 1 aromatic carbocycles. The summed E-state index contributed by atoms with van der Waals surface area (Å²) in [7, 11) is 0. The minimum atomic E-state index is -2.91. The summed E-state index contributed by atoms with van der Waals surface area (Å²) >= 11 is 0. The van der Waals surface area contributed by atoms with E-state index in [4.69, 9.17) is 5.11 Å². The van der Waals surface area contributed by atoms with E-state index in [2.05, 4.69) is 15.4 Å². The number of benzene rings is 1. The van der Waals surface area contributed by atoms with Crippen molar-refractivity contribution < 1.29 is 28.2 Å². The number of halogens is 2. The zero-order valence-corrected chi connectivity index (χ0v) is 11.3. The van der Waals surface area contributed by atoms with Gasteiger partial charge in [0.25, 0.3) is 0 Å². The summed E-state index contributed by atoms with van der Waals surface area (Å²) in [5.41, 5.74) is 0.585. The first kappa shape index (κ1) is 16.7. The molecule has 6 nitrogen and oxygen atoms in total. The molecule has 1 rings (SSSR count). The van der Waals surface area contributed by atoms with Gasteiger partial charge < -0.3 is 20.5 Å². The average molecular weight is 302 g/mol. The predicted molar refractivity (Wildman–Crippen MR) is 70.3 cm³/mol. The molecule has 0 saturated heterocycles. The Labute approximate surface area is 120 Å². The van der Waals surface area contributed by atoms with Gasteiger partial charge in [-0.25, -0.2) is 4.79 Å². The molecule has 21 heavy (non-hydrogen) atoms. The van der Waals surface area contributed by atoms with E-state index in [0.717, 1.165) is 0 Å². The van der Waals surface area contributed by atoms with Crippen LogP contribution in [0.5, 0.6) is 5.75 Å². The maximum atomic E-state index is 12.1. The van der Waals surface area contributed by atoms with Crippen LogP contribution >= 0.6 is 0 Å². The lowest BCUT2D eigenvalue weighted by molar-refractivity contribution is -0.136. The Kier molecular flexibility index (Phi) is 6.38. The van der Waals surface area contributed by atoms with Crippen LogP contribution < -0.4 is 15.4 Å². The Hall–Kier alpha value is -2.38. The highest BCUT2D eigenvalue weighted by Gasteiger charge is 2.11. The van der Waals surface area contributed by atoms with E-state index in [1.165, 1.54) is 18.2 Å². The Morgan fingerprint density at radius 1 is 1.38 bits per heavy atom. The van der Waals surface area contributed by atoms with Gasteiger partial charge in [-0.15, -0.1) is 0 Å². The summed E-state index contributed by atoms with van der Waals surface area (Å²) < 4.78 is 28.5. The standard InChI is InChI=1S/C13H16F2N2O4/c1-8(17-13(20)16-6-5-11(18)19)9-3-2-4-10(7-9)21-12(14)15/h2-4,7-8,12H,5-6H2,1H3,(H,18,19)(H2,16,17,20). The Morgan fingerprint density at radius 3 is 2.71 bits per heavy atom. The van der Waals surface area contributed by atoms with Gasteiger partial charge in [0.2, 0.25) is 0 Å². The number of rotatable bonds is 7. The van der Waals surface area contributed by atoms with Gasteiger partial charge >= 0.3 is 18.6 Å². The lowest BCUT2D eigenvalue weighted by Crippen LogP contribution is -2.38. The molecule has 1 atom stereocenters. The first-order chi connectivity index (χ1) is 9.88. The highest BCUT2D eigenvalue weighted by atomic mass is 19.3. The first-order valence-electron chi connectivity index (χ1n) is 6.19. The summed E-state index contributed by atoms with van der Waals surface area (Å²) in [6, 6.07) is 4.98. The number of urea groups is 1. The molecule has 8 heteroatoms. The van der Waals surface area contributed by atoms with Crippen molar-refractivity contribution in [1.82, 2.24) is 10.6 Å². The quantitative estimate of drug-likeness (QED) is 0.720. The molecule has 0 fully saturated rings. The van der Waals surface area contributed by atoms with Crippen molar-refractivity contribution in [2.24, 2.45) is 0 Å². The number of amides is 2. The number of nitrogens with one attached hydrogen (secondary N) is 2. The van der Waals surface area contributed by atoms with Crippen LogP contribution in [0.4, 0.5) is 13.6 Å². The van der Waals surface area contributed by atoms with Gasteiger partial charge in [0.1, 0.15) is 5.75 Å². The molecule has 0 aromatic heterocycles. The van der Waals surface area contributed by atoms with E-state index >= 15 is 0 Å². The van der Waals surface area contributed by atoms with Crippen LogP contribution in [0, 0.1) is 0 Å². The number of aliphatic carboxylic acids is 1. The molecule has 3 N–H and O–H groups in total. The second-order valence-corrected chi connectivity index (χ2v) is 4.22. The molecule has 0 bridgehead atoms. The third kappa shape index (κ3) is 6.55. The number of carbonyl (C=O) groups is 2. The third-order valence-electron chi connectivity index (χ3n) is 2.56. The van der Waals surface area contributed by atoms with Crippen molar-refractivity contribution in [2.75, 3.05) is 6.54 Å². The fourth-order valence-electron chi connectivity index (χ4n) is 1.57. The molecule has 0 radical (unpaired) electrons. The molecular weight excluding hydrogens is 286 g/mol. The van der Waals surface area contributed by atoms with Gasteiger partial charge in [-0.3, -0.25) is 4.79 Å². The lowest BCUT2D eigenvalue weighted by atomic mass is 10.1. The summed E-state index contributed by atoms with van der Waals surface area (Å²) in [6.07, 6.45) is -0.181. The highest BCUT2D eigenvalue weighted by molar-refractivity contribution is 5.75. The fourth-order valence-corrected chi connectivity index (χ4v) is 1.57. The number of carboxylic acid groups (broad SMARTS) is 1. The van der Waals surface area contributed by atoms with E-state index in [1.807, 2.05) is 0 Å². The molecule has 0 aliphatic carbocycles. The Bertz CT molecular complexity index is 497. The van der Waals surface area contributed by atoms with Crippen LogP contribution in [0.25, 0.3) is 0 Å². The van der Waals surface area contributed by atoms with Crippen LogP contribution in [0.15, 0.2) is 24.3 Å². The largest absolute Gasteiger partial charge is 0.481 e. The number of hydrogen-bond acceptors (Lipinski definition) is 3. The van der Waals surface area contributed by atoms with Crippen molar-refractivity contribution in [2.45, 2.75) is 26.0 Å². The topological polar surface area (TPSA) is 87.7 Å². The molecule has 1 aromatic rings. The number of ether oxygens (including phenoxy) is 1. The van der Waals surface area contributed by atoms with Crippen molar-refractivity contribution >= 4 is 12.0 Å².